The largest absolute Gasteiger partial charge is 0.414 e. The van der Waals surface area contributed by atoms with E-state index in [2.05, 4.69) is 5.32 Å². The topological polar surface area (TPSA) is 21.3 Å². The summed E-state index contributed by atoms with van der Waals surface area (Å²) in [6, 6.07) is 5.22. The van der Waals surface area contributed by atoms with E-state index in [1.165, 1.54) is 24.3 Å². The van der Waals surface area contributed by atoms with E-state index >= 15 is 0 Å². The molecule has 0 spiro atoms. The lowest BCUT2D eigenvalue weighted by Gasteiger charge is -2.24. The summed E-state index contributed by atoms with van der Waals surface area (Å²) in [4.78, 5) is 0. The second-order valence-corrected chi connectivity index (χ2v) is 3.92. The summed E-state index contributed by atoms with van der Waals surface area (Å²) in [7, 11) is 1.61. The Labute approximate surface area is 103 Å². The number of nitrogens with one attached hydrogen (secondary N) is 1. The van der Waals surface area contributed by atoms with Gasteiger partial charge in [0.1, 0.15) is 5.82 Å². The monoisotopic (exact) mass is 265 g/mol. The molecule has 0 aromatic heterocycles. The molecule has 0 heterocycles. The summed E-state index contributed by atoms with van der Waals surface area (Å²) in [5.74, 6) is -0.439. The van der Waals surface area contributed by atoms with Crippen molar-refractivity contribution in [3.05, 3.63) is 35.6 Å². The minimum atomic E-state index is -4.41. The van der Waals surface area contributed by atoms with Gasteiger partial charge in [-0.2, -0.15) is 13.2 Å². The van der Waals surface area contributed by atoms with Gasteiger partial charge in [0, 0.05) is 6.54 Å². The van der Waals surface area contributed by atoms with Gasteiger partial charge in [-0.3, -0.25) is 0 Å². The average molecular weight is 265 g/mol. The van der Waals surface area contributed by atoms with Crippen LogP contribution in [0.1, 0.15) is 18.6 Å². The molecule has 1 aromatic rings. The quantitative estimate of drug-likeness (QED) is 0.826. The van der Waals surface area contributed by atoms with Gasteiger partial charge in [0.05, 0.1) is 6.10 Å². The van der Waals surface area contributed by atoms with Gasteiger partial charge in [0.25, 0.3) is 0 Å². The first-order chi connectivity index (χ1) is 8.34. The number of benzene rings is 1. The van der Waals surface area contributed by atoms with Gasteiger partial charge in [-0.25, -0.2) is 4.39 Å². The summed E-state index contributed by atoms with van der Waals surface area (Å²) in [6.45, 7) is 1.16. The Morgan fingerprint density at radius 3 is 2.22 bits per heavy atom. The number of hydrogen-bond donors (Lipinski definition) is 1. The summed E-state index contributed by atoms with van der Waals surface area (Å²) < 4.78 is 55.0. The van der Waals surface area contributed by atoms with Crippen molar-refractivity contribution >= 4 is 0 Å². The summed E-state index contributed by atoms with van der Waals surface area (Å²) in [5.41, 5.74) is 0.502. The molecule has 0 amide bonds. The maximum absolute atomic E-state index is 12.8. The van der Waals surface area contributed by atoms with E-state index in [1.807, 2.05) is 0 Å². The first kappa shape index (κ1) is 14.9. The van der Waals surface area contributed by atoms with Crippen molar-refractivity contribution in [1.29, 1.82) is 0 Å². The number of likely N-dealkylation sites (N-methyl/N-ethyl adjacent to an activating group) is 1. The fraction of sp³-hybridized carbons (Fsp3) is 0.500. The highest BCUT2D eigenvalue weighted by Gasteiger charge is 2.38. The molecule has 1 N–H and O–H groups in total. The molecule has 0 aliphatic rings. The Morgan fingerprint density at radius 1 is 1.22 bits per heavy atom. The van der Waals surface area contributed by atoms with E-state index in [9.17, 15) is 17.6 Å². The van der Waals surface area contributed by atoms with E-state index in [-0.39, 0.29) is 6.54 Å². The number of alkyl halides is 3. The van der Waals surface area contributed by atoms with E-state index < -0.39 is 24.2 Å². The molecule has 2 atom stereocenters. The van der Waals surface area contributed by atoms with Crippen LogP contribution in [0.4, 0.5) is 17.6 Å². The van der Waals surface area contributed by atoms with E-state index in [1.54, 1.807) is 7.05 Å². The Morgan fingerprint density at radius 2 is 1.78 bits per heavy atom. The molecule has 2 nitrogen and oxygen atoms in total. The van der Waals surface area contributed by atoms with Gasteiger partial charge in [0.2, 0.25) is 0 Å². The van der Waals surface area contributed by atoms with Crippen LogP contribution in [-0.4, -0.2) is 25.9 Å². The molecular formula is C12H15F4NO. The van der Waals surface area contributed by atoms with Crippen molar-refractivity contribution in [3.63, 3.8) is 0 Å². The molecule has 0 aliphatic heterocycles. The van der Waals surface area contributed by atoms with E-state index in [4.69, 9.17) is 4.74 Å². The molecule has 1 rings (SSSR count). The van der Waals surface area contributed by atoms with Crippen molar-refractivity contribution < 1.29 is 22.3 Å². The predicted octanol–water partition coefficient (Wildman–Crippen LogP) is 3.05. The molecule has 0 aliphatic carbocycles. The number of rotatable bonds is 5. The fourth-order valence-corrected chi connectivity index (χ4v) is 1.43. The molecule has 1 aromatic carbocycles. The van der Waals surface area contributed by atoms with Crippen molar-refractivity contribution in [2.75, 3.05) is 13.6 Å². The van der Waals surface area contributed by atoms with Crippen LogP contribution >= 0.6 is 0 Å². The highest BCUT2D eigenvalue weighted by atomic mass is 19.4. The third kappa shape index (κ3) is 4.27. The molecule has 2 unspecified atom stereocenters. The van der Waals surface area contributed by atoms with Crippen molar-refractivity contribution in [1.82, 2.24) is 5.32 Å². The van der Waals surface area contributed by atoms with Crippen LogP contribution in [0, 0.1) is 5.82 Å². The summed E-state index contributed by atoms with van der Waals surface area (Å²) in [5, 5.41) is 2.75. The Hall–Kier alpha value is -1.14. The fourth-order valence-electron chi connectivity index (χ4n) is 1.43. The molecule has 0 fully saturated rings. The minimum Gasteiger partial charge on any atom is -0.360 e. The second-order valence-electron chi connectivity index (χ2n) is 3.92. The lowest BCUT2D eigenvalue weighted by Crippen LogP contribution is -2.32. The molecule has 6 heteroatoms. The number of hydrogen-bond acceptors (Lipinski definition) is 2. The standard InChI is InChI=1S/C12H15F4NO/c1-8(12(14,15)16)18-11(7-17-2)9-3-5-10(13)6-4-9/h3-6,8,11,17H,7H2,1-2H3. The molecule has 0 saturated heterocycles. The molecular weight excluding hydrogens is 250 g/mol. The van der Waals surface area contributed by atoms with E-state index in [0.29, 0.717) is 5.56 Å². The zero-order chi connectivity index (χ0) is 13.8. The van der Waals surface area contributed by atoms with Gasteiger partial charge in [-0.1, -0.05) is 12.1 Å². The van der Waals surface area contributed by atoms with Crippen molar-refractivity contribution in [3.8, 4) is 0 Å². The second kappa shape index (κ2) is 6.15. The van der Waals surface area contributed by atoms with Crippen LogP contribution in [0.25, 0.3) is 0 Å². The highest BCUT2D eigenvalue weighted by molar-refractivity contribution is 5.19. The molecule has 0 radical (unpaired) electrons. The predicted molar refractivity (Wildman–Crippen MR) is 59.7 cm³/mol. The number of ether oxygens (including phenoxy) is 1. The molecule has 18 heavy (non-hydrogen) atoms. The average Bonchev–Trinajstić information content (AvgIpc) is 2.28. The highest BCUT2D eigenvalue weighted by Crippen LogP contribution is 2.28. The number of halogens is 4. The van der Waals surface area contributed by atoms with Gasteiger partial charge >= 0.3 is 6.18 Å². The molecule has 0 bridgehead atoms. The third-order valence-corrected chi connectivity index (χ3v) is 2.46. The zero-order valence-electron chi connectivity index (χ0n) is 10.1. The SMILES string of the molecule is CNCC(OC(C)C(F)(F)F)c1ccc(F)cc1. The van der Waals surface area contributed by atoms with Crippen LogP contribution in [-0.2, 0) is 4.74 Å². The Balaban J connectivity index is 2.80. The normalized spacial score (nSPS) is 15.4. The van der Waals surface area contributed by atoms with Gasteiger partial charge in [-0.15, -0.1) is 0 Å². The minimum absolute atomic E-state index is 0.214. The van der Waals surface area contributed by atoms with Crippen LogP contribution in [0.15, 0.2) is 24.3 Å². The summed E-state index contributed by atoms with van der Waals surface area (Å²) >= 11 is 0. The smallest absolute Gasteiger partial charge is 0.360 e. The maximum Gasteiger partial charge on any atom is 0.414 e. The van der Waals surface area contributed by atoms with Crippen LogP contribution < -0.4 is 5.32 Å². The van der Waals surface area contributed by atoms with Crippen molar-refractivity contribution in [2.45, 2.75) is 25.3 Å². The molecule has 0 saturated carbocycles. The lowest BCUT2D eigenvalue weighted by molar-refractivity contribution is -0.227. The summed E-state index contributed by atoms with van der Waals surface area (Å²) in [6.07, 6.45) is -7.06. The maximum atomic E-state index is 12.8. The third-order valence-electron chi connectivity index (χ3n) is 2.46. The van der Waals surface area contributed by atoms with Gasteiger partial charge in [-0.05, 0) is 31.7 Å². The lowest BCUT2D eigenvalue weighted by atomic mass is 10.1. The Kier molecular flexibility index (Phi) is 5.10. The van der Waals surface area contributed by atoms with Crippen LogP contribution in [0.3, 0.4) is 0 Å². The first-order valence-electron chi connectivity index (χ1n) is 5.47. The van der Waals surface area contributed by atoms with Gasteiger partial charge < -0.3 is 10.1 Å². The molecule has 102 valence electrons. The van der Waals surface area contributed by atoms with Gasteiger partial charge in [0.15, 0.2) is 6.10 Å². The Bertz CT molecular complexity index is 363. The zero-order valence-corrected chi connectivity index (χ0v) is 10.1. The van der Waals surface area contributed by atoms with Crippen molar-refractivity contribution in [2.24, 2.45) is 0 Å². The van der Waals surface area contributed by atoms with Crippen LogP contribution in [0.2, 0.25) is 0 Å². The van der Waals surface area contributed by atoms with E-state index in [0.717, 1.165) is 6.92 Å². The first-order valence-corrected chi connectivity index (χ1v) is 5.47. The van der Waals surface area contributed by atoms with Crippen LogP contribution in [0.5, 0.6) is 0 Å².